The highest BCUT2D eigenvalue weighted by Crippen LogP contribution is 2.46. The number of ether oxygens (including phenoxy) is 1. The number of anilines is 1. The molecule has 1 N–H and O–H groups in total. The van der Waals surface area contributed by atoms with Gasteiger partial charge in [-0.2, -0.15) is 0 Å². The van der Waals surface area contributed by atoms with Gasteiger partial charge in [-0.3, -0.25) is 9.59 Å². The van der Waals surface area contributed by atoms with Crippen LogP contribution < -0.4 is 9.64 Å². The Bertz CT molecular complexity index is 1250. The number of piperazine rings is 2. The molecule has 0 bridgehead atoms. The third-order valence-electron chi connectivity index (χ3n) is 7.27. The SMILES string of the molecule is C=CC(=O)N1CCN2C(=O)c3c(N4CCN(C)C[C@@H]4C)nc(-c4c(O)cccc4F)c(Cl)c3OC[C@H]2C1. The molecule has 2 amide bonds. The minimum absolute atomic E-state index is 0.00694. The number of carbonyl (C=O) groups excluding carboxylic acids is 2. The number of pyridine rings is 1. The van der Waals surface area contributed by atoms with Gasteiger partial charge in [-0.15, -0.1) is 0 Å². The van der Waals surface area contributed by atoms with Gasteiger partial charge in [0.15, 0.2) is 5.75 Å². The van der Waals surface area contributed by atoms with Gasteiger partial charge in [0, 0.05) is 45.3 Å². The molecule has 2 saturated heterocycles. The zero-order valence-corrected chi connectivity index (χ0v) is 21.5. The lowest BCUT2D eigenvalue weighted by Crippen LogP contribution is -2.57. The average Bonchev–Trinajstić information content (AvgIpc) is 3.01. The quantitative estimate of drug-likeness (QED) is 0.611. The number of benzene rings is 1. The monoisotopic (exact) mass is 529 g/mol. The van der Waals surface area contributed by atoms with Gasteiger partial charge < -0.3 is 29.4 Å². The van der Waals surface area contributed by atoms with Gasteiger partial charge in [0.25, 0.3) is 5.91 Å². The zero-order valence-electron chi connectivity index (χ0n) is 20.8. The van der Waals surface area contributed by atoms with Crippen molar-refractivity contribution in [1.29, 1.82) is 0 Å². The van der Waals surface area contributed by atoms with E-state index in [0.29, 0.717) is 25.5 Å². The first-order valence-corrected chi connectivity index (χ1v) is 12.6. The number of fused-ring (bicyclic) bond motifs is 2. The molecule has 0 saturated carbocycles. The first kappa shape index (κ1) is 25.3. The number of phenols is 1. The van der Waals surface area contributed by atoms with Crippen LogP contribution in [0.5, 0.6) is 11.5 Å². The number of amides is 2. The molecule has 37 heavy (non-hydrogen) atoms. The van der Waals surface area contributed by atoms with E-state index in [-0.39, 0.29) is 64.4 Å². The highest BCUT2D eigenvalue weighted by atomic mass is 35.5. The molecule has 4 heterocycles. The third kappa shape index (κ3) is 4.38. The van der Waals surface area contributed by atoms with Crippen molar-refractivity contribution < 1.29 is 23.8 Å². The summed E-state index contributed by atoms with van der Waals surface area (Å²) < 4.78 is 21.1. The van der Waals surface area contributed by atoms with Crippen LogP contribution in [0.3, 0.4) is 0 Å². The molecule has 5 rings (SSSR count). The fourth-order valence-electron chi connectivity index (χ4n) is 5.35. The minimum Gasteiger partial charge on any atom is -0.507 e. The van der Waals surface area contributed by atoms with Gasteiger partial charge in [-0.25, -0.2) is 9.37 Å². The molecule has 2 aromatic rings. The standard InChI is InChI=1S/C26H29ClFN5O4/c1-4-19(35)31-9-11-33-16(13-31)14-37-24-21(26(33)36)25(32-10-8-30(3)12-15(32)2)29-23(22(24)27)20-17(28)6-5-7-18(20)34/h4-7,15-16,34H,1,8-14H2,2-3H3/t15-,16+/m0/s1. The van der Waals surface area contributed by atoms with Crippen molar-refractivity contribution in [3.05, 3.63) is 47.3 Å². The van der Waals surface area contributed by atoms with Gasteiger partial charge in [0.2, 0.25) is 5.91 Å². The number of halogens is 2. The molecule has 9 nitrogen and oxygen atoms in total. The van der Waals surface area contributed by atoms with Crippen molar-refractivity contribution >= 4 is 29.2 Å². The third-order valence-corrected chi connectivity index (χ3v) is 7.62. The minimum atomic E-state index is -0.692. The Kier molecular flexibility index (Phi) is 6.72. The second kappa shape index (κ2) is 9.83. The van der Waals surface area contributed by atoms with Crippen LogP contribution in [0.4, 0.5) is 10.2 Å². The first-order chi connectivity index (χ1) is 17.7. The topological polar surface area (TPSA) is 89.5 Å². The van der Waals surface area contributed by atoms with Crippen LogP contribution in [0.25, 0.3) is 11.3 Å². The van der Waals surface area contributed by atoms with Gasteiger partial charge in [0.1, 0.15) is 40.3 Å². The Balaban J connectivity index is 1.67. The lowest BCUT2D eigenvalue weighted by atomic mass is 10.0. The number of nitrogens with zero attached hydrogens (tertiary/aromatic N) is 5. The lowest BCUT2D eigenvalue weighted by Gasteiger charge is -2.41. The van der Waals surface area contributed by atoms with Crippen molar-refractivity contribution in [3.8, 4) is 22.8 Å². The highest BCUT2D eigenvalue weighted by molar-refractivity contribution is 6.35. The van der Waals surface area contributed by atoms with Crippen LogP contribution in [0.2, 0.25) is 5.02 Å². The molecule has 196 valence electrons. The molecular weight excluding hydrogens is 501 g/mol. The Morgan fingerprint density at radius 2 is 1.97 bits per heavy atom. The van der Waals surface area contributed by atoms with Crippen LogP contribution >= 0.6 is 11.6 Å². The average molecular weight is 530 g/mol. The Morgan fingerprint density at radius 1 is 1.22 bits per heavy atom. The zero-order chi connectivity index (χ0) is 26.4. The molecule has 1 aromatic carbocycles. The summed E-state index contributed by atoms with van der Waals surface area (Å²) in [6.07, 6.45) is 1.25. The second-order valence-electron chi connectivity index (χ2n) is 9.69. The maximum absolute atomic E-state index is 15.0. The molecule has 0 radical (unpaired) electrons. The smallest absolute Gasteiger partial charge is 0.261 e. The maximum atomic E-state index is 15.0. The normalized spacial score (nSPS) is 22.2. The van der Waals surface area contributed by atoms with E-state index in [9.17, 15) is 19.1 Å². The molecule has 3 aliphatic rings. The van der Waals surface area contributed by atoms with Crippen LogP contribution in [0, 0.1) is 5.82 Å². The van der Waals surface area contributed by atoms with Crippen LogP contribution in [-0.4, -0.2) is 102 Å². The summed E-state index contributed by atoms with van der Waals surface area (Å²) in [4.78, 5) is 38.5. The van der Waals surface area contributed by atoms with Crippen molar-refractivity contribution in [2.75, 3.05) is 57.8 Å². The summed E-state index contributed by atoms with van der Waals surface area (Å²) in [5.41, 5.74) is 0.0689. The predicted octanol–water partition coefficient (Wildman–Crippen LogP) is 2.62. The van der Waals surface area contributed by atoms with Crippen molar-refractivity contribution in [1.82, 2.24) is 19.7 Å². The molecule has 2 atom stereocenters. The number of aromatic nitrogens is 1. The number of carbonyl (C=O) groups is 2. The van der Waals surface area contributed by atoms with E-state index in [4.69, 9.17) is 21.3 Å². The molecule has 0 unspecified atom stereocenters. The largest absolute Gasteiger partial charge is 0.507 e. The molecule has 1 aromatic heterocycles. The summed E-state index contributed by atoms with van der Waals surface area (Å²) >= 11 is 6.77. The van der Waals surface area contributed by atoms with E-state index in [2.05, 4.69) is 11.5 Å². The number of hydrogen-bond acceptors (Lipinski definition) is 7. The maximum Gasteiger partial charge on any atom is 0.261 e. The fraction of sp³-hybridized carbons (Fsp3) is 0.423. The Morgan fingerprint density at radius 3 is 2.68 bits per heavy atom. The predicted molar refractivity (Wildman–Crippen MR) is 138 cm³/mol. The summed E-state index contributed by atoms with van der Waals surface area (Å²) in [5.74, 6) is -1.07. The van der Waals surface area contributed by atoms with E-state index < -0.39 is 11.9 Å². The van der Waals surface area contributed by atoms with Gasteiger partial charge in [0.05, 0.1) is 11.6 Å². The summed E-state index contributed by atoms with van der Waals surface area (Å²) in [6, 6.07) is 3.55. The summed E-state index contributed by atoms with van der Waals surface area (Å²) in [7, 11) is 2.02. The first-order valence-electron chi connectivity index (χ1n) is 12.2. The number of likely N-dealkylation sites (N-methyl/N-ethyl adjacent to an activating group) is 1. The van der Waals surface area contributed by atoms with Crippen LogP contribution in [0.15, 0.2) is 30.9 Å². The van der Waals surface area contributed by atoms with Gasteiger partial charge >= 0.3 is 0 Å². The lowest BCUT2D eigenvalue weighted by molar-refractivity contribution is -0.128. The summed E-state index contributed by atoms with van der Waals surface area (Å²) in [6.45, 7) is 8.70. The molecule has 0 aliphatic carbocycles. The molecule has 2 fully saturated rings. The Hall–Kier alpha value is -3.37. The van der Waals surface area contributed by atoms with Gasteiger partial charge in [-0.1, -0.05) is 24.2 Å². The van der Waals surface area contributed by atoms with E-state index in [1.165, 1.54) is 24.3 Å². The van der Waals surface area contributed by atoms with E-state index in [1.807, 2.05) is 18.9 Å². The number of rotatable bonds is 3. The number of aromatic hydroxyl groups is 1. The van der Waals surface area contributed by atoms with Gasteiger partial charge in [-0.05, 0) is 32.2 Å². The number of hydrogen-bond donors (Lipinski definition) is 1. The summed E-state index contributed by atoms with van der Waals surface area (Å²) in [5, 5.41) is 10.5. The molecule has 11 heteroatoms. The van der Waals surface area contributed by atoms with E-state index in [1.54, 1.807) is 9.80 Å². The second-order valence-corrected chi connectivity index (χ2v) is 10.1. The Labute approximate surface area is 219 Å². The van der Waals surface area contributed by atoms with Crippen molar-refractivity contribution in [2.45, 2.75) is 19.0 Å². The molecule has 0 spiro atoms. The number of phenolic OH excluding ortho intramolecular Hbond substituents is 1. The fourth-order valence-corrected chi connectivity index (χ4v) is 5.64. The molecule has 3 aliphatic heterocycles. The van der Waals surface area contributed by atoms with E-state index in [0.717, 1.165) is 13.1 Å². The van der Waals surface area contributed by atoms with E-state index >= 15 is 0 Å². The highest BCUT2D eigenvalue weighted by Gasteiger charge is 2.41. The molecular formula is C26H29ClFN5O4. The van der Waals surface area contributed by atoms with Crippen LogP contribution in [0.1, 0.15) is 17.3 Å². The van der Waals surface area contributed by atoms with Crippen LogP contribution in [-0.2, 0) is 4.79 Å². The van der Waals surface area contributed by atoms with Crippen molar-refractivity contribution in [3.63, 3.8) is 0 Å². The van der Waals surface area contributed by atoms with Crippen molar-refractivity contribution in [2.24, 2.45) is 0 Å².